The normalized spacial score (nSPS) is 19.6. The Morgan fingerprint density at radius 3 is 2.58 bits per heavy atom. The van der Waals surface area contributed by atoms with Crippen molar-refractivity contribution in [2.75, 3.05) is 6.61 Å². The van der Waals surface area contributed by atoms with Crippen LogP contribution in [-0.2, 0) is 17.0 Å². The maximum atomic E-state index is 10.1. The number of aryl methyl sites for hydroxylation is 1. The molecule has 0 bridgehead atoms. The Hall–Kier alpha value is -1.96. The van der Waals surface area contributed by atoms with Crippen LogP contribution in [0.1, 0.15) is 57.2 Å². The fraction of sp³-hybridized carbons (Fsp3) is 0.615. The van der Waals surface area contributed by atoms with E-state index in [1.165, 1.54) is 5.56 Å². The predicted molar refractivity (Wildman–Crippen MR) is 137 cm³/mol. The largest absolute Gasteiger partial charge is 0.393 e. The van der Waals surface area contributed by atoms with Crippen molar-refractivity contribution in [1.29, 1.82) is 0 Å². The number of aliphatic hydroxyl groups is 1. The van der Waals surface area contributed by atoms with Gasteiger partial charge in [0.25, 0.3) is 0 Å². The predicted octanol–water partition coefficient (Wildman–Crippen LogP) is 5.90. The van der Waals surface area contributed by atoms with Crippen LogP contribution in [0.15, 0.2) is 24.3 Å². The average Bonchev–Trinajstić information content (AvgIpc) is 3.40. The van der Waals surface area contributed by atoms with Crippen molar-refractivity contribution in [3.05, 3.63) is 35.5 Å². The molecule has 6 nitrogen and oxygen atoms in total. The molecule has 1 aromatic carbocycles. The molecular formula is C26H40N4O2Si. The Morgan fingerprint density at radius 2 is 1.94 bits per heavy atom. The maximum Gasteiger partial charge on any atom is 0.161 e. The zero-order valence-electron chi connectivity index (χ0n) is 21.4. The van der Waals surface area contributed by atoms with E-state index in [-0.39, 0.29) is 11.6 Å². The Balaban J connectivity index is 1.78. The third-order valence-corrected chi connectivity index (χ3v) is 8.31. The van der Waals surface area contributed by atoms with E-state index >= 15 is 0 Å². The van der Waals surface area contributed by atoms with Gasteiger partial charge in [-0.05, 0) is 70.7 Å². The van der Waals surface area contributed by atoms with Crippen LogP contribution in [0.3, 0.4) is 0 Å². The molecule has 0 spiro atoms. The standard InChI is InChI=1S/C26H40N4O2Si/c1-18-9-8-10-21-24(18)29(17-32-13-14-33(5,6)7)25(27-21)23-16-22(19-11-12-20(31)15-19)28-30(23)26(2,3)4/h8-10,16,19-20,31H,11-15,17H2,1-7H3/t19?,20-/m1/s1. The SMILES string of the molecule is Cc1cccc2nc(-c3cc(C4CC[C@@H](O)C4)nn3C(C)(C)C)n(COCC[Si](C)(C)C)c12. The molecule has 33 heavy (non-hydrogen) atoms. The van der Waals surface area contributed by atoms with Crippen molar-refractivity contribution in [1.82, 2.24) is 19.3 Å². The van der Waals surface area contributed by atoms with E-state index in [1.54, 1.807) is 0 Å². The minimum absolute atomic E-state index is 0.193. The van der Waals surface area contributed by atoms with Crippen molar-refractivity contribution in [2.45, 2.75) is 96.9 Å². The summed E-state index contributed by atoms with van der Waals surface area (Å²) in [4.78, 5) is 5.08. The number of nitrogens with zero attached hydrogens (tertiary/aromatic N) is 4. The first kappa shape index (κ1) is 24.2. The lowest BCUT2D eigenvalue weighted by Gasteiger charge is -2.23. The Morgan fingerprint density at radius 1 is 1.18 bits per heavy atom. The maximum absolute atomic E-state index is 10.1. The molecule has 4 rings (SSSR count). The Labute approximate surface area is 199 Å². The molecule has 1 fully saturated rings. The molecule has 1 unspecified atom stereocenters. The van der Waals surface area contributed by atoms with Crippen molar-refractivity contribution >= 4 is 19.1 Å². The van der Waals surface area contributed by atoms with Crippen LogP contribution >= 0.6 is 0 Å². The van der Waals surface area contributed by atoms with E-state index in [1.807, 2.05) is 0 Å². The van der Waals surface area contributed by atoms with Gasteiger partial charge in [0.15, 0.2) is 5.82 Å². The highest BCUT2D eigenvalue weighted by Crippen LogP contribution is 2.37. The molecule has 1 N–H and O–H groups in total. The van der Waals surface area contributed by atoms with E-state index in [0.717, 1.165) is 60.2 Å². The van der Waals surface area contributed by atoms with E-state index in [0.29, 0.717) is 12.6 Å². The topological polar surface area (TPSA) is 65.1 Å². The minimum Gasteiger partial charge on any atom is -0.393 e. The summed E-state index contributed by atoms with van der Waals surface area (Å²) in [5, 5.41) is 15.2. The summed E-state index contributed by atoms with van der Waals surface area (Å²) in [6, 6.07) is 9.62. The second-order valence-electron chi connectivity index (χ2n) is 11.9. The van der Waals surface area contributed by atoms with Gasteiger partial charge in [-0.3, -0.25) is 9.25 Å². The van der Waals surface area contributed by atoms with Crippen molar-refractivity contribution in [3.8, 4) is 11.5 Å². The molecule has 0 amide bonds. The smallest absolute Gasteiger partial charge is 0.161 e. The first-order valence-corrected chi connectivity index (χ1v) is 16.0. The van der Waals surface area contributed by atoms with Crippen LogP contribution in [0.2, 0.25) is 25.7 Å². The average molecular weight is 469 g/mol. The summed E-state index contributed by atoms with van der Waals surface area (Å²) in [6.07, 6.45) is 2.41. The second-order valence-corrected chi connectivity index (χ2v) is 17.5. The highest BCUT2D eigenvalue weighted by Gasteiger charge is 2.31. The van der Waals surface area contributed by atoms with Crippen LogP contribution < -0.4 is 0 Å². The minimum atomic E-state index is -1.16. The molecule has 180 valence electrons. The van der Waals surface area contributed by atoms with Gasteiger partial charge < -0.3 is 9.84 Å². The van der Waals surface area contributed by atoms with Gasteiger partial charge in [0.2, 0.25) is 0 Å². The van der Waals surface area contributed by atoms with Gasteiger partial charge in [-0.1, -0.05) is 31.8 Å². The van der Waals surface area contributed by atoms with Gasteiger partial charge in [0.1, 0.15) is 12.4 Å². The Kier molecular flexibility index (Phi) is 6.59. The fourth-order valence-corrected chi connectivity index (χ4v) is 5.47. The third-order valence-electron chi connectivity index (χ3n) is 6.60. The lowest BCUT2D eigenvalue weighted by atomic mass is 10.0. The summed E-state index contributed by atoms with van der Waals surface area (Å²) in [5.41, 5.74) is 5.19. The lowest BCUT2D eigenvalue weighted by Crippen LogP contribution is -2.25. The van der Waals surface area contributed by atoms with Gasteiger partial charge in [-0.15, -0.1) is 0 Å². The highest BCUT2D eigenvalue weighted by molar-refractivity contribution is 6.76. The van der Waals surface area contributed by atoms with Gasteiger partial charge in [-0.25, -0.2) is 4.98 Å². The fourth-order valence-electron chi connectivity index (χ4n) is 4.72. The second kappa shape index (κ2) is 9.00. The summed E-state index contributed by atoms with van der Waals surface area (Å²) in [5.74, 6) is 1.20. The van der Waals surface area contributed by atoms with Crippen LogP contribution in [0, 0.1) is 6.92 Å². The van der Waals surface area contributed by atoms with Crippen LogP contribution in [0.5, 0.6) is 0 Å². The third kappa shape index (κ3) is 5.25. The van der Waals surface area contributed by atoms with Gasteiger partial charge in [0.05, 0.1) is 28.4 Å². The molecule has 2 atom stereocenters. The first-order chi connectivity index (χ1) is 15.4. The molecule has 0 saturated heterocycles. The quantitative estimate of drug-likeness (QED) is 0.346. The van der Waals surface area contributed by atoms with Gasteiger partial charge in [0, 0.05) is 20.6 Å². The van der Waals surface area contributed by atoms with Crippen molar-refractivity contribution in [3.63, 3.8) is 0 Å². The molecular weight excluding hydrogens is 428 g/mol. The van der Waals surface area contributed by atoms with Crippen molar-refractivity contribution in [2.24, 2.45) is 0 Å². The molecule has 1 aliphatic rings. The first-order valence-electron chi connectivity index (χ1n) is 12.3. The summed E-state index contributed by atoms with van der Waals surface area (Å²) in [7, 11) is -1.16. The molecule has 0 aliphatic heterocycles. The van der Waals surface area contributed by atoms with E-state index < -0.39 is 8.07 Å². The summed E-state index contributed by atoms with van der Waals surface area (Å²) in [6.45, 7) is 17.1. The van der Waals surface area contributed by atoms with Gasteiger partial charge >= 0.3 is 0 Å². The summed E-state index contributed by atoms with van der Waals surface area (Å²) < 4.78 is 10.6. The van der Waals surface area contributed by atoms with Gasteiger partial charge in [-0.2, -0.15) is 5.10 Å². The Bertz CT molecular complexity index is 1120. The molecule has 1 aliphatic carbocycles. The van der Waals surface area contributed by atoms with E-state index in [4.69, 9.17) is 14.8 Å². The van der Waals surface area contributed by atoms with Crippen molar-refractivity contribution < 1.29 is 9.84 Å². The zero-order chi connectivity index (χ0) is 24.0. The monoisotopic (exact) mass is 468 g/mol. The molecule has 7 heteroatoms. The number of ether oxygens (including phenoxy) is 1. The van der Waals surface area contributed by atoms with Crippen LogP contribution in [0.25, 0.3) is 22.6 Å². The summed E-state index contributed by atoms with van der Waals surface area (Å²) >= 11 is 0. The number of para-hydroxylation sites is 1. The van der Waals surface area contributed by atoms with E-state index in [2.05, 4.69) is 80.9 Å². The molecule has 0 radical (unpaired) electrons. The highest BCUT2D eigenvalue weighted by atomic mass is 28.3. The molecule has 3 aromatic rings. The number of rotatable bonds is 7. The lowest BCUT2D eigenvalue weighted by molar-refractivity contribution is 0.0907. The molecule has 1 saturated carbocycles. The number of benzene rings is 1. The number of hydrogen-bond acceptors (Lipinski definition) is 4. The number of aromatic nitrogens is 4. The number of aliphatic hydroxyl groups excluding tert-OH is 1. The number of imidazole rings is 1. The zero-order valence-corrected chi connectivity index (χ0v) is 22.4. The van der Waals surface area contributed by atoms with Crippen LogP contribution in [-0.4, -0.2) is 45.2 Å². The van der Waals surface area contributed by atoms with Crippen LogP contribution in [0.4, 0.5) is 0 Å². The number of hydrogen-bond donors (Lipinski definition) is 1. The molecule has 2 heterocycles. The molecule has 2 aromatic heterocycles. The van der Waals surface area contributed by atoms with E-state index in [9.17, 15) is 5.11 Å². The number of fused-ring (bicyclic) bond motifs is 1.